The quantitative estimate of drug-likeness (QED) is 0.667. The Morgan fingerprint density at radius 3 is 2.93 bits per heavy atom. The van der Waals surface area contributed by atoms with Crippen LogP contribution in [0, 0.1) is 6.92 Å². The number of hydrogen-bond acceptors (Lipinski definition) is 4. The molecule has 2 amide bonds. The lowest BCUT2D eigenvalue weighted by molar-refractivity contribution is 0.184. The maximum absolute atomic E-state index is 12.7. The standard InChI is InChI=1S/C21H21ClN4O2/c1-14-6-2-3-10-18(14)23-21(27)26-11-5-8-16(13-26)20-24-19(25-28-20)15-7-4-9-17(22)12-15/h2-4,6-7,9-10,12,16H,5,8,11,13H2,1H3,(H,23,27). The molecular formula is C21H21ClN4O2. The Morgan fingerprint density at radius 1 is 1.25 bits per heavy atom. The van der Waals surface area contributed by atoms with Crippen LogP contribution >= 0.6 is 11.6 Å². The highest BCUT2D eigenvalue weighted by molar-refractivity contribution is 6.30. The van der Waals surface area contributed by atoms with E-state index in [0.717, 1.165) is 29.7 Å². The molecule has 1 atom stereocenters. The van der Waals surface area contributed by atoms with Crippen LogP contribution in [-0.4, -0.2) is 34.2 Å². The van der Waals surface area contributed by atoms with Crippen LogP contribution in [0.1, 0.15) is 30.2 Å². The molecule has 28 heavy (non-hydrogen) atoms. The number of nitrogens with zero attached hydrogens (tertiary/aromatic N) is 3. The van der Waals surface area contributed by atoms with E-state index in [2.05, 4.69) is 15.5 Å². The summed E-state index contributed by atoms with van der Waals surface area (Å²) < 4.78 is 5.50. The summed E-state index contributed by atoms with van der Waals surface area (Å²) in [6.45, 7) is 3.24. The number of carbonyl (C=O) groups is 1. The van der Waals surface area contributed by atoms with Gasteiger partial charge in [0.1, 0.15) is 0 Å². The smallest absolute Gasteiger partial charge is 0.321 e. The molecule has 2 aromatic carbocycles. The van der Waals surface area contributed by atoms with E-state index in [1.54, 1.807) is 12.1 Å². The van der Waals surface area contributed by atoms with Gasteiger partial charge in [0.2, 0.25) is 11.7 Å². The number of urea groups is 1. The number of aromatic nitrogens is 2. The van der Waals surface area contributed by atoms with Crippen molar-refractivity contribution in [1.29, 1.82) is 0 Å². The molecule has 1 unspecified atom stereocenters. The summed E-state index contributed by atoms with van der Waals surface area (Å²) in [4.78, 5) is 19.0. The molecule has 4 rings (SSSR count). The zero-order valence-electron chi connectivity index (χ0n) is 15.6. The largest absolute Gasteiger partial charge is 0.339 e. The molecule has 1 N–H and O–H groups in total. The van der Waals surface area contributed by atoms with E-state index in [-0.39, 0.29) is 11.9 Å². The molecule has 7 heteroatoms. The third-order valence-electron chi connectivity index (χ3n) is 4.97. The van der Waals surface area contributed by atoms with Crippen molar-refractivity contribution in [3.05, 3.63) is 65.0 Å². The summed E-state index contributed by atoms with van der Waals surface area (Å²) in [7, 11) is 0. The first-order valence-corrected chi connectivity index (χ1v) is 9.69. The van der Waals surface area contributed by atoms with Gasteiger partial charge in [-0.1, -0.05) is 47.1 Å². The number of nitrogens with one attached hydrogen (secondary N) is 1. The fourth-order valence-electron chi connectivity index (χ4n) is 3.42. The molecule has 0 bridgehead atoms. The van der Waals surface area contributed by atoms with Gasteiger partial charge >= 0.3 is 6.03 Å². The number of para-hydroxylation sites is 1. The topological polar surface area (TPSA) is 71.3 Å². The van der Waals surface area contributed by atoms with Gasteiger partial charge in [0.05, 0.1) is 5.92 Å². The summed E-state index contributed by atoms with van der Waals surface area (Å²) in [5.74, 6) is 1.10. The second kappa shape index (κ2) is 8.02. The fraction of sp³-hybridized carbons (Fsp3) is 0.286. The van der Waals surface area contributed by atoms with Crippen LogP contribution in [0.3, 0.4) is 0 Å². The molecule has 1 aliphatic rings. The molecule has 6 nitrogen and oxygen atoms in total. The number of carbonyl (C=O) groups excluding carboxylic acids is 1. The third-order valence-corrected chi connectivity index (χ3v) is 5.20. The number of benzene rings is 2. The minimum absolute atomic E-state index is 0.0248. The van der Waals surface area contributed by atoms with Crippen LogP contribution in [0.25, 0.3) is 11.4 Å². The molecule has 1 saturated heterocycles. The third kappa shape index (κ3) is 4.02. The van der Waals surface area contributed by atoms with Crippen LogP contribution in [0.4, 0.5) is 10.5 Å². The Kier molecular flexibility index (Phi) is 5.30. The summed E-state index contributed by atoms with van der Waals surface area (Å²) >= 11 is 6.04. The molecule has 0 spiro atoms. The highest BCUT2D eigenvalue weighted by Crippen LogP contribution is 2.28. The monoisotopic (exact) mass is 396 g/mol. The SMILES string of the molecule is Cc1ccccc1NC(=O)N1CCCC(c2nc(-c3cccc(Cl)c3)no2)C1. The minimum atomic E-state index is -0.103. The molecule has 2 heterocycles. The van der Waals surface area contributed by atoms with Crippen molar-refractivity contribution < 1.29 is 9.32 Å². The average Bonchev–Trinajstić information content (AvgIpc) is 3.20. The van der Waals surface area contributed by atoms with Crippen molar-refractivity contribution in [2.75, 3.05) is 18.4 Å². The van der Waals surface area contributed by atoms with Crippen LogP contribution in [0.5, 0.6) is 0 Å². The van der Waals surface area contributed by atoms with Gasteiger partial charge in [0, 0.05) is 29.4 Å². The maximum Gasteiger partial charge on any atom is 0.321 e. The first-order chi connectivity index (χ1) is 13.6. The number of rotatable bonds is 3. The Labute approximate surface area is 168 Å². The van der Waals surface area contributed by atoms with Gasteiger partial charge in [-0.15, -0.1) is 0 Å². The van der Waals surface area contributed by atoms with E-state index >= 15 is 0 Å². The Morgan fingerprint density at radius 2 is 2.11 bits per heavy atom. The number of likely N-dealkylation sites (tertiary alicyclic amines) is 1. The van der Waals surface area contributed by atoms with E-state index in [1.807, 2.05) is 48.2 Å². The predicted octanol–water partition coefficient (Wildman–Crippen LogP) is 5.11. The van der Waals surface area contributed by atoms with E-state index in [4.69, 9.17) is 16.1 Å². The summed E-state index contributed by atoms with van der Waals surface area (Å²) in [5.41, 5.74) is 2.68. The second-order valence-electron chi connectivity index (χ2n) is 7.00. The van der Waals surface area contributed by atoms with Crippen LogP contribution in [0.15, 0.2) is 53.1 Å². The normalized spacial score (nSPS) is 16.8. The second-order valence-corrected chi connectivity index (χ2v) is 7.43. The Hall–Kier alpha value is -2.86. The zero-order valence-corrected chi connectivity index (χ0v) is 16.3. The molecule has 1 aromatic heterocycles. The van der Waals surface area contributed by atoms with Crippen LogP contribution in [-0.2, 0) is 0 Å². The van der Waals surface area contributed by atoms with Crippen LogP contribution < -0.4 is 5.32 Å². The fourth-order valence-corrected chi connectivity index (χ4v) is 3.61. The van der Waals surface area contributed by atoms with E-state index in [0.29, 0.717) is 29.8 Å². The van der Waals surface area contributed by atoms with Crippen molar-refractivity contribution in [2.45, 2.75) is 25.7 Å². The number of piperidine rings is 1. The van der Waals surface area contributed by atoms with Crippen molar-refractivity contribution >= 4 is 23.3 Å². The molecule has 0 radical (unpaired) electrons. The molecule has 144 valence electrons. The van der Waals surface area contributed by atoms with Gasteiger partial charge in [-0.05, 0) is 43.5 Å². The number of halogens is 1. The van der Waals surface area contributed by atoms with Crippen molar-refractivity contribution in [1.82, 2.24) is 15.0 Å². The van der Waals surface area contributed by atoms with Crippen molar-refractivity contribution in [3.8, 4) is 11.4 Å². The highest BCUT2D eigenvalue weighted by atomic mass is 35.5. The lowest BCUT2D eigenvalue weighted by atomic mass is 9.98. The molecule has 3 aromatic rings. The van der Waals surface area contributed by atoms with Crippen LogP contribution in [0.2, 0.25) is 5.02 Å². The first kappa shape index (κ1) is 18.5. The van der Waals surface area contributed by atoms with Gasteiger partial charge in [-0.25, -0.2) is 4.79 Å². The van der Waals surface area contributed by atoms with Gasteiger partial charge in [0.25, 0.3) is 0 Å². The molecular weight excluding hydrogens is 376 g/mol. The lowest BCUT2D eigenvalue weighted by Crippen LogP contribution is -2.41. The predicted molar refractivity (Wildman–Crippen MR) is 108 cm³/mol. The molecule has 1 fully saturated rings. The van der Waals surface area contributed by atoms with E-state index < -0.39 is 0 Å². The van der Waals surface area contributed by atoms with Crippen molar-refractivity contribution in [3.63, 3.8) is 0 Å². The Balaban J connectivity index is 1.45. The number of aryl methyl sites for hydroxylation is 1. The van der Waals surface area contributed by atoms with Gasteiger partial charge in [-0.2, -0.15) is 4.98 Å². The molecule has 0 aliphatic carbocycles. The summed E-state index contributed by atoms with van der Waals surface area (Å²) in [6.07, 6.45) is 1.80. The number of hydrogen-bond donors (Lipinski definition) is 1. The molecule has 0 saturated carbocycles. The van der Waals surface area contributed by atoms with Crippen molar-refractivity contribution in [2.24, 2.45) is 0 Å². The highest BCUT2D eigenvalue weighted by Gasteiger charge is 2.29. The Bertz CT molecular complexity index is 988. The number of anilines is 1. The maximum atomic E-state index is 12.7. The number of amides is 2. The minimum Gasteiger partial charge on any atom is -0.339 e. The first-order valence-electron chi connectivity index (χ1n) is 9.31. The van der Waals surface area contributed by atoms with E-state index in [1.165, 1.54) is 0 Å². The average molecular weight is 397 g/mol. The summed E-state index contributed by atoms with van der Waals surface area (Å²) in [6, 6.07) is 15.0. The zero-order chi connectivity index (χ0) is 19.5. The van der Waals surface area contributed by atoms with E-state index in [9.17, 15) is 4.79 Å². The van der Waals surface area contributed by atoms with Gasteiger partial charge < -0.3 is 14.7 Å². The van der Waals surface area contributed by atoms with Gasteiger partial charge in [-0.3, -0.25) is 0 Å². The summed E-state index contributed by atoms with van der Waals surface area (Å²) in [5, 5.41) is 7.71. The van der Waals surface area contributed by atoms with Gasteiger partial charge in [0.15, 0.2) is 0 Å². The lowest BCUT2D eigenvalue weighted by Gasteiger charge is -2.31. The molecule has 1 aliphatic heterocycles.